The van der Waals surface area contributed by atoms with Crippen LogP contribution in [0.15, 0.2) is 11.6 Å². The Morgan fingerprint density at radius 2 is 1.92 bits per heavy atom. The molecule has 0 saturated heterocycles. The zero-order chi connectivity index (χ0) is 18.4. The monoisotopic (exact) mass is 350 g/mol. The molecule has 3 aliphatic rings. The van der Waals surface area contributed by atoms with Gasteiger partial charge in [-0.25, -0.2) is 0 Å². The Morgan fingerprint density at radius 1 is 1.20 bits per heavy atom. The van der Waals surface area contributed by atoms with Crippen molar-refractivity contribution in [3.63, 3.8) is 0 Å². The molecule has 0 aliphatic heterocycles. The average molecular weight is 350 g/mol. The third-order valence-corrected chi connectivity index (χ3v) is 7.63. The maximum Gasteiger partial charge on any atom is 0.309 e. The van der Waals surface area contributed by atoms with Gasteiger partial charge >= 0.3 is 11.9 Å². The van der Waals surface area contributed by atoms with E-state index in [9.17, 15) is 19.8 Å². The molecule has 0 heterocycles. The highest BCUT2D eigenvalue weighted by molar-refractivity contribution is 5.75. The van der Waals surface area contributed by atoms with E-state index in [1.54, 1.807) is 0 Å². The second-order valence-corrected chi connectivity index (χ2v) is 8.85. The second-order valence-electron chi connectivity index (χ2n) is 8.85. The fourth-order valence-corrected chi connectivity index (χ4v) is 6.04. The van der Waals surface area contributed by atoms with Crippen LogP contribution in [0.25, 0.3) is 0 Å². The van der Waals surface area contributed by atoms with Crippen LogP contribution in [0.1, 0.15) is 65.2 Å². The molecule has 0 aromatic carbocycles. The molecule has 0 radical (unpaired) electrons. The van der Waals surface area contributed by atoms with Crippen LogP contribution < -0.4 is 0 Å². The molecule has 3 rings (SSSR count). The Labute approximate surface area is 149 Å². The van der Waals surface area contributed by atoms with E-state index < -0.39 is 17.4 Å². The number of aliphatic hydroxyl groups excluding tert-OH is 1. The van der Waals surface area contributed by atoms with E-state index in [1.165, 1.54) is 5.57 Å². The fraction of sp³-hybridized carbons (Fsp3) is 0.800. The third kappa shape index (κ3) is 3.01. The van der Waals surface area contributed by atoms with Crippen molar-refractivity contribution in [2.24, 2.45) is 28.6 Å². The number of carboxylic acid groups (broad SMARTS) is 2. The molecular formula is C20H30O5. The summed E-state index contributed by atoms with van der Waals surface area (Å²) in [5, 5.41) is 29.0. The summed E-state index contributed by atoms with van der Waals surface area (Å²) >= 11 is 0. The molecule has 2 saturated carbocycles. The van der Waals surface area contributed by atoms with Gasteiger partial charge in [-0.05, 0) is 75.0 Å². The van der Waals surface area contributed by atoms with Gasteiger partial charge in [-0.15, -0.1) is 0 Å². The Kier molecular flexibility index (Phi) is 4.73. The number of carbonyl (C=O) groups is 2. The lowest BCUT2D eigenvalue weighted by Gasteiger charge is -2.57. The molecule has 6 atom stereocenters. The Balaban J connectivity index is 1.93. The van der Waals surface area contributed by atoms with Gasteiger partial charge in [-0.1, -0.05) is 18.6 Å². The number of aliphatic hydroxyl groups is 1. The first-order valence-corrected chi connectivity index (χ1v) is 9.51. The molecule has 5 nitrogen and oxygen atoms in total. The normalized spacial score (nSPS) is 43.6. The molecule has 3 aliphatic carbocycles. The van der Waals surface area contributed by atoms with Gasteiger partial charge < -0.3 is 15.3 Å². The number of carboxylic acids is 2. The molecular weight excluding hydrogens is 320 g/mol. The Bertz CT molecular complexity index is 597. The third-order valence-electron chi connectivity index (χ3n) is 7.63. The predicted octanol–water partition coefficient (Wildman–Crippen LogP) is 3.47. The van der Waals surface area contributed by atoms with Crippen LogP contribution in [-0.2, 0) is 9.59 Å². The first-order valence-electron chi connectivity index (χ1n) is 9.51. The lowest BCUT2D eigenvalue weighted by Crippen LogP contribution is -2.53. The summed E-state index contributed by atoms with van der Waals surface area (Å²) in [4.78, 5) is 23.1. The first-order chi connectivity index (χ1) is 11.7. The maximum atomic E-state index is 12.0. The lowest BCUT2D eigenvalue weighted by molar-refractivity contribution is -0.162. The maximum absolute atomic E-state index is 12.0. The molecule has 0 aromatic heterocycles. The fourth-order valence-electron chi connectivity index (χ4n) is 6.04. The molecule has 0 spiro atoms. The van der Waals surface area contributed by atoms with Gasteiger partial charge in [-0.3, -0.25) is 9.59 Å². The second kappa shape index (κ2) is 6.42. The molecule has 5 heteroatoms. The van der Waals surface area contributed by atoms with Crippen molar-refractivity contribution >= 4 is 11.9 Å². The minimum absolute atomic E-state index is 0.0305. The molecule has 25 heavy (non-hydrogen) atoms. The highest BCUT2D eigenvalue weighted by atomic mass is 16.4. The number of hydrogen-bond donors (Lipinski definition) is 3. The van der Waals surface area contributed by atoms with Crippen LogP contribution in [-0.4, -0.2) is 33.4 Å². The van der Waals surface area contributed by atoms with Crippen LogP contribution in [0.2, 0.25) is 0 Å². The summed E-state index contributed by atoms with van der Waals surface area (Å²) < 4.78 is 0. The van der Waals surface area contributed by atoms with Crippen LogP contribution in [0.3, 0.4) is 0 Å². The van der Waals surface area contributed by atoms with Gasteiger partial charge in [0.05, 0.1) is 11.5 Å². The topological polar surface area (TPSA) is 94.8 Å². The van der Waals surface area contributed by atoms with Crippen LogP contribution in [0.5, 0.6) is 0 Å². The lowest BCUT2D eigenvalue weighted by atomic mass is 9.47. The van der Waals surface area contributed by atoms with Gasteiger partial charge in [0.15, 0.2) is 0 Å². The molecule has 0 amide bonds. The van der Waals surface area contributed by atoms with Crippen molar-refractivity contribution in [2.45, 2.75) is 71.3 Å². The first kappa shape index (κ1) is 18.4. The summed E-state index contributed by atoms with van der Waals surface area (Å²) in [6.07, 6.45) is 7.20. The van der Waals surface area contributed by atoms with Crippen LogP contribution >= 0.6 is 0 Å². The summed E-state index contributed by atoms with van der Waals surface area (Å²) in [6, 6.07) is 0. The summed E-state index contributed by atoms with van der Waals surface area (Å²) in [6.45, 7) is 4.09. The van der Waals surface area contributed by atoms with Gasteiger partial charge in [-0.2, -0.15) is 0 Å². The van der Waals surface area contributed by atoms with Gasteiger partial charge in [0.25, 0.3) is 0 Å². The van der Waals surface area contributed by atoms with Crippen molar-refractivity contribution in [3.05, 3.63) is 11.6 Å². The number of aliphatic carboxylic acids is 2. The van der Waals surface area contributed by atoms with Gasteiger partial charge in [0, 0.05) is 6.42 Å². The number of hydrogen-bond acceptors (Lipinski definition) is 3. The molecule has 2 fully saturated rings. The van der Waals surface area contributed by atoms with Crippen molar-refractivity contribution < 1.29 is 24.9 Å². The molecule has 0 bridgehead atoms. The zero-order valence-electron chi connectivity index (χ0n) is 15.2. The quantitative estimate of drug-likeness (QED) is 0.675. The van der Waals surface area contributed by atoms with Crippen molar-refractivity contribution in [3.8, 4) is 0 Å². The van der Waals surface area contributed by atoms with E-state index >= 15 is 0 Å². The highest BCUT2D eigenvalue weighted by Crippen LogP contribution is 2.61. The molecule has 0 unspecified atom stereocenters. The molecule has 0 aromatic rings. The SMILES string of the molecule is C[C@]12CC[C@H](O)CC1=CC[C@@H]1[C@@H]2CC[C@](C)(C(=O)O)[C@H]1CCC(=O)O. The van der Waals surface area contributed by atoms with E-state index in [-0.39, 0.29) is 29.8 Å². The number of fused-ring (bicyclic) bond motifs is 3. The Morgan fingerprint density at radius 3 is 2.56 bits per heavy atom. The highest BCUT2D eigenvalue weighted by Gasteiger charge is 2.56. The van der Waals surface area contributed by atoms with E-state index in [1.807, 2.05) is 6.92 Å². The summed E-state index contributed by atoms with van der Waals surface area (Å²) in [7, 11) is 0. The van der Waals surface area contributed by atoms with Gasteiger partial charge in [0.1, 0.15) is 0 Å². The minimum Gasteiger partial charge on any atom is -0.481 e. The predicted molar refractivity (Wildman–Crippen MR) is 93.0 cm³/mol. The van der Waals surface area contributed by atoms with E-state index in [0.29, 0.717) is 18.8 Å². The van der Waals surface area contributed by atoms with Crippen molar-refractivity contribution in [1.82, 2.24) is 0 Å². The molecule has 140 valence electrons. The smallest absolute Gasteiger partial charge is 0.309 e. The standard InChI is InChI=1S/C20H30O5/c1-19-9-7-13(21)11-12(19)3-4-14-15(5-6-17(22)23)20(2,18(24)25)10-8-16(14)19/h3,13-16,21H,4-11H2,1-2H3,(H,22,23)(H,24,25)/t13-,14-,15-,16-,19-,20-/m0/s1. The van der Waals surface area contributed by atoms with Crippen LogP contribution in [0, 0.1) is 28.6 Å². The summed E-state index contributed by atoms with van der Waals surface area (Å²) in [5.41, 5.74) is 0.527. The van der Waals surface area contributed by atoms with E-state index in [4.69, 9.17) is 5.11 Å². The average Bonchev–Trinajstić information content (AvgIpc) is 2.54. The molecule has 3 N–H and O–H groups in total. The summed E-state index contributed by atoms with van der Waals surface area (Å²) in [5.74, 6) is -1.14. The van der Waals surface area contributed by atoms with Crippen LogP contribution in [0.4, 0.5) is 0 Å². The number of allylic oxidation sites excluding steroid dienone is 1. The largest absolute Gasteiger partial charge is 0.481 e. The van der Waals surface area contributed by atoms with Gasteiger partial charge in [0.2, 0.25) is 0 Å². The van der Waals surface area contributed by atoms with E-state index in [0.717, 1.165) is 32.1 Å². The number of rotatable bonds is 4. The van der Waals surface area contributed by atoms with Crippen molar-refractivity contribution in [2.75, 3.05) is 0 Å². The Hall–Kier alpha value is -1.36. The zero-order valence-corrected chi connectivity index (χ0v) is 15.2. The minimum atomic E-state index is -0.853. The van der Waals surface area contributed by atoms with E-state index in [2.05, 4.69) is 13.0 Å². The van der Waals surface area contributed by atoms with Crippen molar-refractivity contribution in [1.29, 1.82) is 0 Å².